The first-order valence-electron chi connectivity index (χ1n) is 9.65. The Kier molecular flexibility index (Phi) is 5.79. The van der Waals surface area contributed by atoms with Gasteiger partial charge in [-0.15, -0.1) is 0 Å². The maximum absolute atomic E-state index is 14.6. The van der Waals surface area contributed by atoms with Gasteiger partial charge in [-0.2, -0.15) is 0 Å². The number of benzene rings is 2. The summed E-state index contributed by atoms with van der Waals surface area (Å²) in [6.07, 6.45) is 1.40. The number of nitrogens with zero attached hydrogens (tertiary/aromatic N) is 3. The lowest BCUT2D eigenvalue weighted by Gasteiger charge is -2.11. The lowest BCUT2D eigenvalue weighted by atomic mass is 10.2. The number of ether oxygens (including phenoxy) is 1. The van der Waals surface area contributed by atoms with E-state index in [1.54, 1.807) is 0 Å². The second-order valence-electron chi connectivity index (χ2n) is 6.97. The van der Waals surface area contributed by atoms with Gasteiger partial charge in [-0.25, -0.2) is 14.4 Å². The molecular weight excluding hydrogens is 433 g/mol. The molecule has 0 aliphatic carbocycles. The summed E-state index contributed by atoms with van der Waals surface area (Å²) in [7, 11) is 0. The van der Waals surface area contributed by atoms with Crippen molar-refractivity contribution < 1.29 is 13.9 Å². The lowest BCUT2D eigenvalue weighted by Crippen LogP contribution is -2.14. The van der Waals surface area contributed by atoms with E-state index in [1.807, 2.05) is 48.7 Å². The molecule has 0 spiro atoms. The van der Waals surface area contributed by atoms with Crippen molar-refractivity contribution in [3.63, 3.8) is 0 Å². The summed E-state index contributed by atoms with van der Waals surface area (Å²) in [5, 5.41) is 2.76. The number of carbonyl (C=O) groups excluding carboxylic acids is 1. The summed E-state index contributed by atoms with van der Waals surface area (Å²) < 4.78 is 22.0. The number of para-hydroxylation sites is 1. The number of imidazole rings is 1. The van der Waals surface area contributed by atoms with Gasteiger partial charge in [-0.05, 0) is 38.1 Å². The van der Waals surface area contributed by atoms with Gasteiger partial charge in [-0.1, -0.05) is 29.8 Å². The molecule has 0 radical (unpaired) electrons. The first-order valence-corrected chi connectivity index (χ1v) is 10.0. The Bertz CT molecular complexity index is 1310. The number of rotatable bonds is 5. The Morgan fingerprint density at radius 3 is 2.59 bits per heavy atom. The maximum atomic E-state index is 14.6. The van der Waals surface area contributed by atoms with Crippen LogP contribution in [-0.2, 0) is 0 Å². The highest BCUT2D eigenvalue weighted by Gasteiger charge is 2.19. The van der Waals surface area contributed by atoms with Crippen LogP contribution in [0.15, 0.2) is 60.8 Å². The molecule has 0 aliphatic rings. The Hall–Kier alpha value is -3.91. The van der Waals surface area contributed by atoms with E-state index < -0.39 is 11.7 Å². The van der Waals surface area contributed by atoms with Gasteiger partial charge in [0.05, 0.1) is 5.69 Å². The van der Waals surface area contributed by atoms with Crippen molar-refractivity contribution in [3.8, 4) is 17.2 Å². The van der Waals surface area contributed by atoms with Crippen molar-refractivity contribution >= 4 is 29.0 Å². The van der Waals surface area contributed by atoms with Crippen LogP contribution in [0.3, 0.4) is 0 Å². The number of pyridine rings is 1. The number of amides is 1. The molecule has 0 unspecified atom stereocenters. The lowest BCUT2D eigenvalue weighted by molar-refractivity contribution is 0.102. The number of anilines is 2. The number of aryl methyl sites for hydroxylation is 1. The van der Waals surface area contributed by atoms with Crippen LogP contribution in [0.2, 0.25) is 5.02 Å². The Balaban J connectivity index is 1.54. The summed E-state index contributed by atoms with van der Waals surface area (Å²) in [6, 6.07) is 15.1. The molecule has 162 valence electrons. The minimum Gasteiger partial charge on any atom is -0.453 e. The molecule has 3 N–H and O–H groups in total. The van der Waals surface area contributed by atoms with E-state index in [2.05, 4.69) is 15.3 Å². The molecule has 0 saturated heterocycles. The molecule has 9 heteroatoms. The normalized spacial score (nSPS) is 10.8. The zero-order chi connectivity index (χ0) is 22.8. The number of hydrogen-bond acceptors (Lipinski definition) is 5. The predicted molar refractivity (Wildman–Crippen MR) is 121 cm³/mol. The number of nitrogens with one attached hydrogen (secondary N) is 1. The van der Waals surface area contributed by atoms with Crippen molar-refractivity contribution in [2.24, 2.45) is 0 Å². The molecule has 7 nitrogen and oxygen atoms in total. The third-order valence-corrected chi connectivity index (χ3v) is 5.18. The summed E-state index contributed by atoms with van der Waals surface area (Å²) in [5.41, 5.74) is 7.73. The fourth-order valence-electron chi connectivity index (χ4n) is 3.30. The van der Waals surface area contributed by atoms with Gasteiger partial charge >= 0.3 is 0 Å². The second kappa shape index (κ2) is 8.68. The van der Waals surface area contributed by atoms with Crippen LogP contribution in [0, 0.1) is 19.7 Å². The fourth-order valence-corrected chi connectivity index (χ4v) is 3.45. The van der Waals surface area contributed by atoms with Crippen molar-refractivity contribution in [3.05, 3.63) is 88.8 Å². The number of carbonyl (C=O) groups is 1. The highest BCUT2D eigenvalue weighted by Crippen LogP contribution is 2.34. The minimum atomic E-state index is -0.683. The van der Waals surface area contributed by atoms with Crippen LogP contribution in [0.1, 0.15) is 22.0 Å². The van der Waals surface area contributed by atoms with Crippen LogP contribution < -0.4 is 15.8 Å². The van der Waals surface area contributed by atoms with Crippen LogP contribution in [0.5, 0.6) is 11.5 Å². The van der Waals surface area contributed by atoms with E-state index >= 15 is 0 Å². The first kappa shape index (κ1) is 21.3. The third-order valence-electron chi connectivity index (χ3n) is 4.80. The number of nitrogen functional groups attached to an aromatic ring is 1. The van der Waals surface area contributed by atoms with Gasteiger partial charge in [0, 0.05) is 29.7 Å². The summed E-state index contributed by atoms with van der Waals surface area (Å²) in [6.45, 7) is 3.63. The molecule has 0 atom stereocenters. The molecule has 0 saturated carbocycles. The SMILES string of the molecule is Cc1nc(C(=O)Nc2ccc(Oc3ccnc(N)c3Cl)c(F)c2)c(C)n1-c1ccccc1. The van der Waals surface area contributed by atoms with E-state index in [9.17, 15) is 9.18 Å². The van der Waals surface area contributed by atoms with Crippen molar-refractivity contribution in [1.29, 1.82) is 0 Å². The van der Waals surface area contributed by atoms with Gasteiger partial charge < -0.3 is 20.4 Å². The Labute approximate surface area is 188 Å². The minimum absolute atomic E-state index is 0.0733. The molecule has 0 bridgehead atoms. The zero-order valence-electron chi connectivity index (χ0n) is 17.3. The molecule has 2 aromatic carbocycles. The van der Waals surface area contributed by atoms with Crippen LogP contribution in [0.25, 0.3) is 5.69 Å². The van der Waals surface area contributed by atoms with Gasteiger partial charge in [0.2, 0.25) is 0 Å². The summed E-state index contributed by atoms with van der Waals surface area (Å²) in [5.74, 6) is -0.283. The third kappa shape index (κ3) is 4.13. The zero-order valence-corrected chi connectivity index (χ0v) is 18.0. The second-order valence-corrected chi connectivity index (χ2v) is 7.35. The fraction of sp³-hybridized carbons (Fsp3) is 0.0870. The first-order chi connectivity index (χ1) is 15.3. The van der Waals surface area contributed by atoms with Gasteiger partial charge in [0.15, 0.2) is 17.3 Å². The van der Waals surface area contributed by atoms with Crippen LogP contribution in [-0.4, -0.2) is 20.4 Å². The topological polar surface area (TPSA) is 95.1 Å². The summed E-state index contributed by atoms with van der Waals surface area (Å²) in [4.78, 5) is 21.0. The van der Waals surface area contributed by atoms with E-state index in [-0.39, 0.29) is 33.7 Å². The van der Waals surface area contributed by atoms with Crippen molar-refractivity contribution in [2.75, 3.05) is 11.1 Å². The van der Waals surface area contributed by atoms with Crippen molar-refractivity contribution in [1.82, 2.24) is 14.5 Å². The smallest absolute Gasteiger partial charge is 0.276 e. The molecule has 4 rings (SSSR count). The molecule has 2 aromatic heterocycles. The van der Waals surface area contributed by atoms with Crippen LogP contribution in [0.4, 0.5) is 15.9 Å². The average molecular weight is 452 g/mol. The molecule has 32 heavy (non-hydrogen) atoms. The Morgan fingerprint density at radius 2 is 1.88 bits per heavy atom. The molecule has 0 aliphatic heterocycles. The monoisotopic (exact) mass is 451 g/mol. The maximum Gasteiger partial charge on any atom is 0.276 e. The quantitative estimate of drug-likeness (QED) is 0.429. The number of aromatic nitrogens is 3. The molecule has 4 aromatic rings. The largest absolute Gasteiger partial charge is 0.453 e. The number of nitrogens with two attached hydrogens (primary N) is 1. The van der Waals surface area contributed by atoms with Crippen LogP contribution >= 0.6 is 11.6 Å². The average Bonchev–Trinajstić information content (AvgIpc) is 3.08. The Morgan fingerprint density at radius 1 is 1.12 bits per heavy atom. The number of halogens is 2. The van der Waals surface area contributed by atoms with E-state index in [0.717, 1.165) is 11.8 Å². The van der Waals surface area contributed by atoms with Gasteiger partial charge in [0.25, 0.3) is 5.91 Å². The molecular formula is C23H19ClFN5O2. The molecule has 2 heterocycles. The van der Waals surface area contributed by atoms with E-state index in [0.29, 0.717) is 11.5 Å². The summed E-state index contributed by atoms with van der Waals surface area (Å²) >= 11 is 6.04. The molecule has 0 fully saturated rings. The highest BCUT2D eigenvalue weighted by molar-refractivity contribution is 6.34. The van der Waals surface area contributed by atoms with Crippen molar-refractivity contribution in [2.45, 2.75) is 13.8 Å². The standard InChI is InChI=1S/C23H19ClFN5O2/c1-13-21(28-14(2)30(13)16-6-4-3-5-7-16)23(31)29-15-8-9-18(17(25)12-15)32-19-10-11-27-22(26)20(19)24/h3-12H,1-2H3,(H2,26,27)(H,29,31). The molecule has 1 amide bonds. The van der Waals surface area contributed by atoms with Gasteiger partial charge in [0.1, 0.15) is 22.4 Å². The van der Waals surface area contributed by atoms with E-state index in [1.165, 1.54) is 24.4 Å². The predicted octanol–water partition coefficient (Wildman–Crippen LogP) is 5.30. The van der Waals surface area contributed by atoms with E-state index in [4.69, 9.17) is 22.1 Å². The van der Waals surface area contributed by atoms with Gasteiger partial charge in [-0.3, -0.25) is 4.79 Å². The highest BCUT2D eigenvalue weighted by atomic mass is 35.5. The number of hydrogen-bond donors (Lipinski definition) is 2.